The van der Waals surface area contributed by atoms with Gasteiger partial charge in [-0.05, 0) is 31.0 Å². The molecule has 1 unspecified atom stereocenters. The molecule has 2 atom stereocenters. The van der Waals surface area contributed by atoms with Crippen LogP contribution in [-0.4, -0.2) is 12.4 Å². The normalized spacial score (nSPS) is 24.2. The molecule has 2 rings (SSSR count). The van der Waals surface area contributed by atoms with Crippen LogP contribution in [0.2, 0.25) is 15.1 Å². The quantitative estimate of drug-likeness (QED) is 0.753. The van der Waals surface area contributed by atoms with E-state index >= 15 is 0 Å². The van der Waals surface area contributed by atoms with E-state index in [1.54, 1.807) is 12.1 Å². The Kier molecular flexibility index (Phi) is 4.56. The molecule has 1 aliphatic rings. The Morgan fingerprint density at radius 3 is 2.53 bits per heavy atom. The molecule has 17 heavy (non-hydrogen) atoms. The van der Waals surface area contributed by atoms with Crippen molar-refractivity contribution in [2.75, 3.05) is 0 Å². The average Bonchev–Trinajstić information content (AvgIpc) is 2.68. The van der Waals surface area contributed by atoms with Crippen molar-refractivity contribution in [2.24, 2.45) is 0 Å². The summed E-state index contributed by atoms with van der Waals surface area (Å²) in [5, 5.41) is 1.49. The Hall–Kier alpha value is 0.01000. The van der Waals surface area contributed by atoms with Gasteiger partial charge in [0.1, 0.15) is 0 Å². The van der Waals surface area contributed by atoms with Crippen molar-refractivity contribution in [3.05, 3.63) is 32.8 Å². The Labute approximate surface area is 116 Å². The minimum atomic E-state index is -0.143. The molecular weight excluding hydrogens is 282 g/mol. The third-order valence-corrected chi connectivity index (χ3v) is 3.78. The first-order valence-corrected chi connectivity index (χ1v) is 6.60. The molecule has 0 amide bonds. The van der Waals surface area contributed by atoms with Gasteiger partial charge in [-0.2, -0.15) is 0 Å². The Morgan fingerprint density at radius 2 is 1.88 bits per heavy atom. The summed E-state index contributed by atoms with van der Waals surface area (Å²) in [6.45, 7) is 2.42. The van der Waals surface area contributed by atoms with Crippen LogP contribution in [0.4, 0.5) is 0 Å². The van der Waals surface area contributed by atoms with Gasteiger partial charge in [0, 0.05) is 11.4 Å². The second-order valence-corrected chi connectivity index (χ2v) is 5.34. The van der Waals surface area contributed by atoms with Crippen LogP contribution in [0.3, 0.4) is 0 Å². The van der Waals surface area contributed by atoms with E-state index in [-0.39, 0.29) is 12.4 Å². The van der Waals surface area contributed by atoms with Gasteiger partial charge in [-0.15, -0.1) is 0 Å². The van der Waals surface area contributed by atoms with Gasteiger partial charge >= 0.3 is 0 Å². The molecule has 0 spiro atoms. The fourth-order valence-electron chi connectivity index (χ4n) is 1.75. The van der Waals surface area contributed by atoms with Crippen LogP contribution in [0.5, 0.6) is 0 Å². The second-order valence-electron chi connectivity index (χ2n) is 4.12. The van der Waals surface area contributed by atoms with Crippen LogP contribution in [0, 0.1) is 0 Å². The van der Waals surface area contributed by atoms with Crippen molar-refractivity contribution < 1.29 is 9.47 Å². The number of rotatable bonds is 3. The molecular formula is C12H13Cl3O2. The van der Waals surface area contributed by atoms with Gasteiger partial charge in [0.25, 0.3) is 0 Å². The average molecular weight is 296 g/mol. The fraction of sp³-hybridized carbons (Fsp3) is 0.500. The van der Waals surface area contributed by atoms with E-state index in [0.29, 0.717) is 21.7 Å². The molecule has 1 aromatic rings. The number of halogens is 3. The first-order valence-electron chi connectivity index (χ1n) is 5.46. The number of hydrogen-bond acceptors (Lipinski definition) is 2. The van der Waals surface area contributed by atoms with Crippen molar-refractivity contribution in [1.29, 1.82) is 0 Å². The van der Waals surface area contributed by atoms with Crippen molar-refractivity contribution >= 4 is 34.8 Å². The van der Waals surface area contributed by atoms with E-state index in [2.05, 4.69) is 0 Å². The van der Waals surface area contributed by atoms with E-state index in [4.69, 9.17) is 44.3 Å². The van der Waals surface area contributed by atoms with Crippen LogP contribution in [0.1, 0.15) is 25.3 Å². The fourth-order valence-corrected chi connectivity index (χ4v) is 2.37. The van der Waals surface area contributed by atoms with Crippen molar-refractivity contribution in [1.82, 2.24) is 0 Å². The molecule has 0 saturated carbocycles. The standard InChI is InChI=1S/C12H13Cl3O2/c1-7-2-3-12(17-7)16-6-8-4-10(14)11(15)5-9(8)13/h4-5,7,12H,2-3,6H2,1H3/t7-,12?/m0/s1. The lowest BCUT2D eigenvalue weighted by molar-refractivity contribution is -0.136. The lowest BCUT2D eigenvalue weighted by Gasteiger charge is -2.13. The molecule has 1 aliphatic heterocycles. The monoisotopic (exact) mass is 294 g/mol. The number of ether oxygens (including phenoxy) is 2. The van der Waals surface area contributed by atoms with Gasteiger partial charge in [0.15, 0.2) is 6.29 Å². The molecule has 0 aliphatic carbocycles. The SMILES string of the molecule is C[C@H]1CCC(OCc2cc(Cl)c(Cl)cc2Cl)O1. The maximum atomic E-state index is 6.05. The first kappa shape index (κ1) is 13.4. The van der Waals surface area contributed by atoms with Gasteiger partial charge in [0.05, 0.1) is 22.8 Å². The largest absolute Gasteiger partial charge is 0.350 e. The highest BCUT2D eigenvalue weighted by molar-refractivity contribution is 6.43. The van der Waals surface area contributed by atoms with E-state index in [0.717, 1.165) is 18.4 Å². The highest BCUT2D eigenvalue weighted by Crippen LogP contribution is 2.30. The Morgan fingerprint density at radius 1 is 1.18 bits per heavy atom. The third kappa shape index (κ3) is 3.49. The molecule has 1 saturated heterocycles. The maximum absolute atomic E-state index is 6.05. The summed E-state index contributed by atoms with van der Waals surface area (Å²) < 4.78 is 11.2. The minimum absolute atomic E-state index is 0.143. The second kappa shape index (κ2) is 5.77. The van der Waals surface area contributed by atoms with Crippen LogP contribution in [0.25, 0.3) is 0 Å². The molecule has 1 fully saturated rings. The lowest BCUT2D eigenvalue weighted by atomic mass is 10.2. The maximum Gasteiger partial charge on any atom is 0.158 e. The van der Waals surface area contributed by atoms with Crippen LogP contribution in [0.15, 0.2) is 12.1 Å². The number of hydrogen-bond donors (Lipinski definition) is 0. The smallest absolute Gasteiger partial charge is 0.158 e. The molecule has 2 nitrogen and oxygen atoms in total. The molecule has 94 valence electrons. The summed E-state index contributed by atoms with van der Waals surface area (Å²) in [6.07, 6.45) is 2.07. The molecule has 0 N–H and O–H groups in total. The molecule has 0 bridgehead atoms. The van der Waals surface area contributed by atoms with Gasteiger partial charge < -0.3 is 9.47 Å². The Bertz CT molecular complexity index is 409. The van der Waals surface area contributed by atoms with Crippen LogP contribution < -0.4 is 0 Å². The lowest BCUT2D eigenvalue weighted by Crippen LogP contribution is -2.12. The zero-order chi connectivity index (χ0) is 12.4. The first-order chi connectivity index (χ1) is 8.06. The summed E-state index contributed by atoms with van der Waals surface area (Å²) in [5.74, 6) is 0. The van der Waals surface area contributed by atoms with Crippen LogP contribution in [-0.2, 0) is 16.1 Å². The van der Waals surface area contributed by atoms with E-state index < -0.39 is 0 Å². The minimum Gasteiger partial charge on any atom is -0.350 e. The predicted octanol–water partition coefficient (Wildman–Crippen LogP) is 4.69. The zero-order valence-corrected chi connectivity index (χ0v) is 11.6. The molecule has 1 aromatic carbocycles. The highest BCUT2D eigenvalue weighted by atomic mass is 35.5. The zero-order valence-electron chi connectivity index (χ0n) is 9.38. The summed E-state index contributed by atoms with van der Waals surface area (Å²) in [6, 6.07) is 3.35. The van der Waals surface area contributed by atoms with Gasteiger partial charge in [0.2, 0.25) is 0 Å². The predicted molar refractivity (Wildman–Crippen MR) is 69.8 cm³/mol. The van der Waals surface area contributed by atoms with Crippen molar-refractivity contribution in [2.45, 2.75) is 38.8 Å². The van der Waals surface area contributed by atoms with E-state index in [9.17, 15) is 0 Å². The summed E-state index contributed by atoms with van der Waals surface area (Å²) in [4.78, 5) is 0. The summed E-state index contributed by atoms with van der Waals surface area (Å²) in [5.41, 5.74) is 0.823. The highest BCUT2D eigenvalue weighted by Gasteiger charge is 2.22. The van der Waals surface area contributed by atoms with Crippen LogP contribution >= 0.6 is 34.8 Å². The molecule has 0 radical (unpaired) electrons. The van der Waals surface area contributed by atoms with Gasteiger partial charge in [-0.1, -0.05) is 34.8 Å². The molecule has 5 heteroatoms. The Balaban J connectivity index is 1.97. The molecule has 0 aromatic heterocycles. The summed E-state index contributed by atoms with van der Waals surface area (Å²) in [7, 11) is 0. The van der Waals surface area contributed by atoms with E-state index in [1.165, 1.54) is 0 Å². The van der Waals surface area contributed by atoms with Gasteiger partial charge in [-0.25, -0.2) is 0 Å². The van der Waals surface area contributed by atoms with Crippen molar-refractivity contribution in [3.63, 3.8) is 0 Å². The van der Waals surface area contributed by atoms with Gasteiger partial charge in [-0.3, -0.25) is 0 Å². The third-order valence-electron chi connectivity index (χ3n) is 2.71. The topological polar surface area (TPSA) is 18.5 Å². The van der Waals surface area contributed by atoms with E-state index in [1.807, 2.05) is 6.92 Å². The van der Waals surface area contributed by atoms with Crippen molar-refractivity contribution in [3.8, 4) is 0 Å². The summed E-state index contributed by atoms with van der Waals surface area (Å²) >= 11 is 17.8. The molecule has 1 heterocycles. The number of benzene rings is 1.